The zero-order valence-electron chi connectivity index (χ0n) is 15.6. The predicted molar refractivity (Wildman–Crippen MR) is 102 cm³/mol. The molecule has 2 bridgehead atoms. The molecule has 1 aromatic heterocycles. The molecule has 138 valence electrons. The maximum absolute atomic E-state index is 13.1. The first kappa shape index (κ1) is 17.3. The molecule has 5 heteroatoms. The van der Waals surface area contributed by atoms with Crippen LogP contribution in [0.5, 0.6) is 5.75 Å². The Hall–Kier alpha value is -2.11. The molecular formula is C21H26N2O3. The van der Waals surface area contributed by atoms with Crippen molar-refractivity contribution in [2.45, 2.75) is 25.8 Å². The largest absolute Gasteiger partial charge is 0.497 e. The number of aliphatic hydroxyl groups is 1. The van der Waals surface area contributed by atoms with Crippen LogP contribution >= 0.6 is 0 Å². The summed E-state index contributed by atoms with van der Waals surface area (Å²) in [7, 11) is 3.77. The number of aromatic nitrogens is 1. The van der Waals surface area contributed by atoms with Crippen LogP contribution in [-0.2, 0) is 6.42 Å². The van der Waals surface area contributed by atoms with Crippen LogP contribution in [0.3, 0.4) is 0 Å². The molecule has 2 aromatic rings. The van der Waals surface area contributed by atoms with Crippen LogP contribution in [0.4, 0.5) is 0 Å². The number of nitrogens with zero attached hydrogens (tertiary/aromatic N) is 1. The number of hydrogen-bond acceptors (Lipinski definition) is 4. The minimum atomic E-state index is 0.0765. The van der Waals surface area contributed by atoms with E-state index < -0.39 is 0 Å². The number of nitrogens with one attached hydrogen (secondary N) is 1. The fraction of sp³-hybridized carbons (Fsp3) is 0.476. The van der Waals surface area contributed by atoms with Gasteiger partial charge in [-0.15, -0.1) is 0 Å². The summed E-state index contributed by atoms with van der Waals surface area (Å²) in [5.41, 5.74) is 4.01. The van der Waals surface area contributed by atoms with Gasteiger partial charge in [0.05, 0.1) is 12.8 Å². The van der Waals surface area contributed by atoms with Crippen LogP contribution in [0.15, 0.2) is 29.8 Å². The SMILES string of the molecule is CC=C1CN(C)[C@H]2Cc3c([nH]c4ccc(OC)cc34)C(=O)C[C@@H]1[C@H]2CO. The van der Waals surface area contributed by atoms with Gasteiger partial charge in [0.25, 0.3) is 0 Å². The minimum absolute atomic E-state index is 0.0765. The first-order valence-electron chi connectivity index (χ1n) is 9.25. The zero-order chi connectivity index (χ0) is 18.4. The quantitative estimate of drug-likeness (QED) is 0.814. The average Bonchev–Trinajstić information content (AvgIpc) is 3.00. The highest BCUT2D eigenvalue weighted by atomic mass is 16.5. The topological polar surface area (TPSA) is 65.6 Å². The van der Waals surface area contributed by atoms with Gasteiger partial charge in [-0.05, 0) is 50.1 Å². The minimum Gasteiger partial charge on any atom is -0.497 e. The number of likely N-dealkylation sites (N-methyl/N-ethyl adjacent to an activating group) is 1. The van der Waals surface area contributed by atoms with Crippen LogP contribution in [0.2, 0.25) is 0 Å². The Morgan fingerprint density at radius 1 is 1.38 bits per heavy atom. The number of aliphatic hydroxyl groups excluding tert-OH is 1. The number of ketones is 1. The summed E-state index contributed by atoms with van der Waals surface area (Å²) in [5.74, 6) is 1.12. The zero-order valence-corrected chi connectivity index (χ0v) is 15.6. The Kier molecular flexibility index (Phi) is 4.37. The van der Waals surface area contributed by atoms with Crippen LogP contribution in [0.25, 0.3) is 10.9 Å². The Labute approximate surface area is 153 Å². The van der Waals surface area contributed by atoms with Gasteiger partial charge in [0.1, 0.15) is 5.75 Å². The van der Waals surface area contributed by atoms with E-state index in [-0.39, 0.29) is 30.3 Å². The van der Waals surface area contributed by atoms with Crippen LogP contribution in [0, 0.1) is 11.8 Å². The van der Waals surface area contributed by atoms with Gasteiger partial charge in [0, 0.05) is 42.4 Å². The Bertz CT molecular complexity index is 883. The average molecular weight is 354 g/mol. The summed E-state index contributed by atoms with van der Waals surface area (Å²) in [6.07, 6.45) is 3.32. The third-order valence-corrected chi connectivity index (χ3v) is 6.28. The summed E-state index contributed by atoms with van der Waals surface area (Å²) in [6, 6.07) is 6.11. The summed E-state index contributed by atoms with van der Waals surface area (Å²) in [5, 5.41) is 11.2. The molecule has 0 saturated carbocycles. The maximum atomic E-state index is 13.1. The molecule has 0 spiro atoms. The Balaban J connectivity index is 1.89. The van der Waals surface area contributed by atoms with E-state index in [0.29, 0.717) is 6.42 Å². The molecular weight excluding hydrogens is 328 g/mol. The van der Waals surface area contributed by atoms with Crippen LogP contribution in [0.1, 0.15) is 29.4 Å². The second-order valence-corrected chi connectivity index (χ2v) is 7.52. The molecule has 1 aliphatic heterocycles. The number of Topliss-reactive ketones (excluding diaryl/α,β-unsaturated/α-hetero) is 1. The number of piperidine rings is 1. The lowest BCUT2D eigenvalue weighted by molar-refractivity contribution is 0.0518. The number of carbonyl (C=O) groups is 1. The van der Waals surface area contributed by atoms with Crippen molar-refractivity contribution < 1.29 is 14.6 Å². The van der Waals surface area contributed by atoms with Crippen LogP contribution < -0.4 is 4.74 Å². The third kappa shape index (κ3) is 2.58. The van der Waals surface area contributed by atoms with Crippen molar-refractivity contribution >= 4 is 16.7 Å². The van der Waals surface area contributed by atoms with Gasteiger partial charge in [-0.3, -0.25) is 9.69 Å². The lowest BCUT2D eigenvalue weighted by atomic mass is 9.71. The van der Waals surface area contributed by atoms with Gasteiger partial charge in [-0.2, -0.15) is 0 Å². The van der Waals surface area contributed by atoms with Gasteiger partial charge in [0.15, 0.2) is 5.78 Å². The predicted octanol–water partition coefficient (Wildman–Crippen LogP) is 2.79. The number of ether oxygens (including phenoxy) is 1. The van der Waals surface area contributed by atoms with Crippen molar-refractivity contribution in [1.29, 1.82) is 0 Å². The number of methoxy groups -OCH3 is 1. The number of H-pyrrole nitrogens is 1. The number of allylic oxidation sites excluding steroid dienone is 1. The number of hydrogen-bond donors (Lipinski definition) is 2. The monoisotopic (exact) mass is 354 g/mol. The van der Waals surface area contributed by atoms with Gasteiger partial charge >= 0.3 is 0 Å². The van der Waals surface area contributed by atoms with E-state index >= 15 is 0 Å². The van der Waals surface area contributed by atoms with Gasteiger partial charge in [-0.25, -0.2) is 0 Å². The van der Waals surface area contributed by atoms with E-state index in [1.54, 1.807) is 7.11 Å². The molecule has 5 nitrogen and oxygen atoms in total. The second kappa shape index (κ2) is 6.56. The molecule has 0 radical (unpaired) electrons. The van der Waals surface area contributed by atoms with E-state index in [2.05, 4.69) is 23.0 Å². The first-order chi connectivity index (χ1) is 12.6. The molecule has 4 rings (SSSR count). The Morgan fingerprint density at radius 3 is 2.88 bits per heavy atom. The molecule has 2 aliphatic rings. The number of benzene rings is 1. The second-order valence-electron chi connectivity index (χ2n) is 7.52. The maximum Gasteiger partial charge on any atom is 0.179 e. The van der Waals surface area contributed by atoms with E-state index in [9.17, 15) is 9.90 Å². The molecule has 0 unspecified atom stereocenters. The van der Waals surface area contributed by atoms with Crippen molar-refractivity contribution in [2.75, 3.05) is 27.3 Å². The number of rotatable bonds is 2. The van der Waals surface area contributed by atoms with Crippen molar-refractivity contribution in [1.82, 2.24) is 9.88 Å². The Morgan fingerprint density at radius 2 is 2.19 bits per heavy atom. The summed E-state index contributed by atoms with van der Waals surface area (Å²) in [4.78, 5) is 18.8. The molecule has 1 fully saturated rings. The summed E-state index contributed by atoms with van der Waals surface area (Å²) >= 11 is 0. The highest BCUT2D eigenvalue weighted by Crippen LogP contribution is 2.41. The van der Waals surface area contributed by atoms with Gasteiger partial charge < -0.3 is 14.8 Å². The molecule has 1 aliphatic carbocycles. The normalized spacial score (nSPS) is 28.1. The van der Waals surface area contributed by atoms with Gasteiger partial charge in [0.2, 0.25) is 0 Å². The van der Waals surface area contributed by atoms with Crippen molar-refractivity contribution in [3.05, 3.63) is 41.1 Å². The molecule has 3 atom stereocenters. The van der Waals surface area contributed by atoms with E-state index in [1.165, 1.54) is 5.57 Å². The number of fused-ring (bicyclic) bond motifs is 5. The van der Waals surface area contributed by atoms with Gasteiger partial charge in [-0.1, -0.05) is 11.6 Å². The van der Waals surface area contributed by atoms with E-state index in [1.807, 2.05) is 25.1 Å². The van der Waals surface area contributed by atoms with Crippen LogP contribution in [-0.4, -0.2) is 54.1 Å². The molecule has 1 saturated heterocycles. The number of carbonyl (C=O) groups excluding carboxylic acids is 1. The molecule has 0 amide bonds. The van der Waals surface area contributed by atoms with Crippen molar-refractivity contribution in [2.24, 2.45) is 11.8 Å². The highest BCUT2D eigenvalue weighted by molar-refractivity contribution is 6.03. The van der Waals surface area contributed by atoms with Crippen molar-refractivity contribution in [3.63, 3.8) is 0 Å². The molecule has 2 N–H and O–H groups in total. The van der Waals surface area contributed by atoms with Crippen molar-refractivity contribution in [3.8, 4) is 5.75 Å². The summed E-state index contributed by atoms with van der Waals surface area (Å²) < 4.78 is 5.38. The smallest absolute Gasteiger partial charge is 0.179 e. The lowest BCUT2D eigenvalue weighted by Crippen LogP contribution is -2.52. The fourth-order valence-corrected chi connectivity index (χ4v) is 4.85. The fourth-order valence-electron chi connectivity index (χ4n) is 4.85. The van der Waals surface area contributed by atoms with E-state index in [0.717, 1.165) is 40.9 Å². The number of likely N-dealkylation sites (tertiary alicyclic amines) is 1. The number of aromatic amines is 1. The standard InChI is InChI=1S/C21H26N2O3/c1-4-12-10-23(2)19-8-16-15-7-13(26-3)5-6-18(15)22-21(16)20(25)9-14(12)17(19)11-24/h4-7,14,17,19,22,24H,8-11H2,1-3H3/t14-,17+,19-/m0/s1. The first-order valence-corrected chi connectivity index (χ1v) is 9.25. The highest BCUT2D eigenvalue weighted by Gasteiger charge is 2.42. The molecule has 26 heavy (non-hydrogen) atoms. The van der Waals surface area contributed by atoms with E-state index in [4.69, 9.17) is 4.74 Å². The summed E-state index contributed by atoms with van der Waals surface area (Å²) in [6.45, 7) is 2.99. The molecule has 2 heterocycles. The molecule has 1 aromatic carbocycles. The lowest BCUT2D eigenvalue weighted by Gasteiger charge is -2.46. The third-order valence-electron chi connectivity index (χ3n) is 6.28.